The lowest BCUT2D eigenvalue weighted by Crippen LogP contribution is -2.27. The number of anilines is 3. The molecule has 1 N–H and O–H groups in total. The third-order valence-electron chi connectivity index (χ3n) is 3.76. The van der Waals surface area contributed by atoms with E-state index in [0.717, 1.165) is 30.3 Å². The summed E-state index contributed by atoms with van der Waals surface area (Å²) in [6.07, 6.45) is 4.77. The molecular formula is C19H28N4. The Morgan fingerprint density at radius 3 is 2.22 bits per heavy atom. The van der Waals surface area contributed by atoms with Gasteiger partial charge in [-0.05, 0) is 31.9 Å². The van der Waals surface area contributed by atoms with Crippen LogP contribution in [0.3, 0.4) is 0 Å². The number of benzene rings is 1. The summed E-state index contributed by atoms with van der Waals surface area (Å²) in [5.41, 5.74) is 2.00. The molecule has 0 radical (unpaired) electrons. The van der Waals surface area contributed by atoms with Gasteiger partial charge in [-0.15, -0.1) is 0 Å². The summed E-state index contributed by atoms with van der Waals surface area (Å²) in [6.45, 7) is 8.59. The maximum absolute atomic E-state index is 4.74. The summed E-state index contributed by atoms with van der Waals surface area (Å²) in [4.78, 5) is 11.6. The first-order valence-electron chi connectivity index (χ1n) is 8.65. The predicted molar refractivity (Wildman–Crippen MR) is 98.5 cm³/mol. The molecule has 0 amide bonds. The Hall–Kier alpha value is -2.10. The molecule has 1 heterocycles. The summed E-state index contributed by atoms with van der Waals surface area (Å²) in [7, 11) is 0. The molecule has 124 valence electrons. The van der Waals surface area contributed by atoms with Crippen molar-refractivity contribution in [3.05, 3.63) is 42.1 Å². The zero-order valence-electron chi connectivity index (χ0n) is 14.5. The molecule has 4 heteroatoms. The number of para-hydroxylation sites is 1. The highest BCUT2D eigenvalue weighted by Crippen LogP contribution is 2.19. The zero-order valence-corrected chi connectivity index (χ0v) is 14.5. The van der Waals surface area contributed by atoms with Crippen LogP contribution in [0.2, 0.25) is 0 Å². The van der Waals surface area contributed by atoms with E-state index in [2.05, 4.69) is 35.1 Å². The van der Waals surface area contributed by atoms with Gasteiger partial charge in [-0.3, -0.25) is 0 Å². The lowest BCUT2D eigenvalue weighted by Gasteiger charge is -2.24. The maximum atomic E-state index is 4.74. The van der Waals surface area contributed by atoms with Gasteiger partial charge in [0.25, 0.3) is 0 Å². The van der Waals surface area contributed by atoms with Gasteiger partial charge < -0.3 is 10.2 Å². The number of nitrogens with one attached hydrogen (secondary N) is 1. The normalized spacial score (nSPS) is 10.6. The molecule has 1 aromatic heterocycles. The van der Waals surface area contributed by atoms with E-state index in [0.29, 0.717) is 5.95 Å². The number of nitrogens with zero attached hydrogens (tertiary/aromatic N) is 3. The quantitative estimate of drug-likeness (QED) is 0.712. The van der Waals surface area contributed by atoms with Gasteiger partial charge in [-0.2, -0.15) is 4.98 Å². The monoisotopic (exact) mass is 312 g/mol. The third kappa shape index (κ3) is 5.55. The van der Waals surface area contributed by atoms with Crippen LogP contribution >= 0.6 is 0 Å². The molecule has 0 unspecified atom stereocenters. The summed E-state index contributed by atoms with van der Waals surface area (Å²) < 4.78 is 0. The molecule has 1 aromatic carbocycles. The van der Waals surface area contributed by atoms with E-state index < -0.39 is 0 Å². The first-order chi connectivity index (χ1) is 11.2. The van der Waals surface area contributed by atoms with Gasteiger partial charge >= 0.3 is 0 Å². The van der Waals surface area contributed by atoms with E-state index in [1.165, 1.54) is 25.7 Å². The summed E-state index contributed by atoms with van der Waals surface area (Å²) in [5, 5.41) is 3.30. The molecule has 0 aliphatic heterocycles. The van der Waals surface area contributed by atoms with Gasteiger partial charge in [0.2, 0.25) is 5.95 Å². The molecule has 0 bridgehead atoms. The lowest BCUT2D eigenvalue weighted by atomic mass is 10.2. The average Bonchev–Trinajstić information content (AvgIpc) is 2.55. The van der Waals surface area contributed by atoms with Crippen LogP contribution in [-0.4, -0.2) is 23.1 Å². The van der Waals surface area contributed by atoms with Gasteiger partial charge in [-0.25, -0.2) is 4.98 Å². The van der Waals surface area contributed by atoms with Crippen LogP contribution < -0.4 is 10.2 Å². The van der Waals surface area contributed by atoms with Gasteiger partial charge in [0, 0.05) is 30.5 Å². The topological polar surface area (TPSA) is 41.1 Å². The summed E-state index contributed by atoms with van der Waals surface area (Å²) in [6, 6.07) is 12.2. The Balaban J connectivity index is 2.19. The molecule has 2 aromatic rings. The van der Waals surface area contributed by atoms with Crippen LogP contribution in [0.1, 0.15) is 45.2 Å². The minimum atomic E-state index is 0.671. The lowest BCUT2D eigenvalue weighted by molar-refractivity contribution is 0.670. The number of hydrogen-bond acceptors (Lipinski definition) is 4. The molecular weight excluding hydrogens is 284 g/mol. The van der Waals surface area contributed by atoms with Crippen LogP contribution in [0.25, 0.3) is 0 Å². The molecule has 0 aliphatic carbocycles. The largest absolute Gasteiger partial charge is 0.356 e. The fourth-order valence-corrected chi connectivity index (χ4v) is 2.46. The van der Waals surface area contributed by atoms with E-state index in [-0.39, 0.29) is 0 Å². The van der Waals surface area contributed by atoms with E-state index in [4.69, 9.17) is 4.98 Å². The Morgan fingerprint density at radius 1 is 0.957 bits per heavy atom. The number of hydrogen-bond donors (Lipinski definition) is 1. The number of aryl methyl sites for hydroxylation is 1. The van der Waals surface area contributed by atoms with Crippen molar-refractivity contribution in [1.82, 2.24) is 9.97 Å². The van der Waals surface area contributed by atoms with Crippen molar-refractivity contribution >= 4 is 17.5 Å². The van der Waals surface area contributed by atoms with E-state index in [1.54, 1.807) is 0 Å². The molecule has 0 saturated heterocycles. The minimum Gasteiger partial charge on any atom is -0.356 e. The predicted octanol–water partition coefficient (Wildman–Crippen LogP) is 4.94. The van der Waals surface area contributed by atoms with Crippen molar-refractivity contribution in [3.63, 3.8) is 0 Å². The van der Waals surface area contributed by atoms with Gasteiger partial charge in [0.15, 0.2) is 0 Å². The number of rotatable bonds is 9. The van der Waals surface area contributed by atoms with E-state index in [1.807, 2.05) is 37.3 Å². The van der Waals surface area contributed by atoms with Crippen LogP contribution in [0.4, 0.5) is 17.5 Å². The third-order valence-corrected chi connectivity index (χ3v) is 3.76. The van der Waals surface area contributed by atoms with Gasteiger partial charge in [0.1, 0.15) is 5.82 Å². The molecule has 4 nitrogen and oxygen atoms in total. The van der Waals surface area contributed by atoms with Crippen molar-refractivity contribution in [2.24, 2.45) is 0 Å². The van der Waals surface area contributed by atoms with Crippen LogP contribution in [-0.2, 0) is 0 Å². The van der Waals surface area contributed by atoms with Crippen molar-refractivity contribution in [3.8, 4) is 0 Å². The maximum Gasteiger partial charge on any atom is 0.229 e. The average molecular weight is 312 g/mol. The molecule has 0 spiro atoms. The molecule has 23 heavy (non-hydrogen) atoms. The van der Waals surface area contributed by atoms with Gasteiger partial charge in [-0.1, -0.05) is 44.9 Å². The smallest absolute Gasteiger partial charge is 0.229 e. The minimum absolute atomic E-state index is 0.671. The van der Waals surface area contributed by atoms with Crippen LogP contribution in [0, 0.1) is 6.92 Å². The highest BCUT2D eigenvalue weighted by atomic mass is 15.2. The highest BCUT2D eigenvalue weighted by molar-refractivity contribution is 5.55. The first kappa shape index (κ1) is 17.3. The fourth-order valence-electron chi connectivity index (χ4n) is 2.46. The zero-order chi connectivity index (χ0) is 16.5. The molecule has 2 rings (SSSR count). The number of unbranched alkanes of at least 4 members (excludes halogenated alkanes) is 2. The standard InChI is InChI=1S/C19H28N4/c1-4-6-13-23(14-7-5-2)18-15-16(3)20-19(22-18)21-17-11-9-8-10-12-17/h8-12,15H,4-7,13-14H2,1-3H3,(H,20,21,22). The van der Waals surface area contributed by atoms with Crippen LogP contribution in [0.15, 0.2) is 36.4 Å². The number of aromatic nitrogens is 2. The SMILES string of the molecule is CCCCN(CCCC)c1cc(C)nc(Nc2ccccc2)n1. The fraction of sp³-hybridized carbons (Fsp3) is 0.474. The summed E-state index contributed by atoms with van der Waals surface area (Å²) in [5.74, 6) is 1.70. The second kappa shape index (κ2) is 9.13. The van der Waals surface area contributed by atoms with Crippen molar-refractivity contribution in [2.45, 2.75) is 46.5 Å². The molecule has 0 atom stereocenters. The first-order valence-corrected chi connectivity index (χ1v) is 8.65. The molecule has 0 fully saturated rings. The molecule has 0 saturated carbocycles. The van der Waals surface area contributed by atoms with Crippen molar-refractivity contribution < 1.29 is 0 Å². The van der Waals surface area contributed by atoms with Gasteiger partial charge in [0.05, 0.1) is 0 Å². The van der Waals surface area contributed by atoms with Crippen molar-refractivity contribution in [2.75, 3.05) is 23.3 Å². The summed E-state index contributed by atoms with van der Waals surface area (Å²) >= 11 is 0. The Morgan fingerprint density at radius 2 is 1.61 bits per heavy atom. The Bertz CT molecular complexity index is 575. The second-order valence-electron chi connectivity index (χ2n) is 5.88. The van der Waals surface area contributed by atoms with E-state index in [9.17, 15) is 0 Å². The van der Waals surface area contributed by atoms with E-state index >= 15 is 0 Å². The Kier molecular flexibility index (Phi) is 6.85. The van der Waals surface area contributed by atoms with Crippen LogP contribution in [0.5, 0.6) is 0 Å². The second-order valence-corrected chi connectivity index (χ2v) is 5.88. The molecule has 0 aliphatic rings. The van der Waals surface area contributed by atoms with Crippen molar-refractivity contribution in [1.29, 1.82) is 0 Å². The Labute approximate surface area is 140 Å². The highest BCUT2D eigenvalue weighted by Gasteiger charge is 2.10.